The van der Waals surface area contributed by atoms with E-state index < -0.39 is 11.7 Å². The van der Waals surface area contributed by atoms with Gasteiger partial charge in [-0.3, -0.25) is 0 Å². The number of ether oxygens (including phenoxy) is 1. The second kappa shape index (κ2) is 7.99. The maximum absolute atomic E-state index is 13.1. The standard InChI is InChI=1S/C19H17F3N2OS/c20-19(21,22)15-8-16(23-13-26)10-17(9-15)24-7-6-18(11-24)25-12-14-4-2-1-3-5-14/h1-5,8-10,18H,6-7,11-12H2/t18-/m0/s1. The third kappa shape index (κ3) is 4.69. The molecule has 1 aliphatic heterocycles. The lowest BCUT2D eigenvalue weighted by molar-refractivity contribution is -0.137. The lowest BCUT2D eigenvalue weighted by Gasteiger charge is -2.21. The average molecular weight is 378 g/mol. The molecule has 0 amide bonds. The molecule has 26 heavy (non-hydrogen) atoms. The second-order valence-electron chi connectivity index (χ2n) is 6.09. The Bertz CT molecular complexity index is 804. The van der Waals surface area contributed by atoms with E-state index in [2.05, 4.69) is 22.4 Å². The Kier molecular flexibility index (Phi) is 5.71. The summed E-state index contributed by atoms with van der Waals surface area (Å²) in [5.74, 6) is 0. The summed E-state index contributed by atoms with van der Waals surface area (Å²) < 4.78 is 45.3. The van der Waals surface area contributed by atoms with E-state index in [1.165, 1.54) is 0 Å². The molecule has 0 saturated carbocycles. The summed E-state index contributed by atoms with van der Waals surface area (Å²) in [6.07, 6.45) is -3.71. The van der Waals surface area contributed by atoms with Crippen LogP contribution in [0.2, 0.25) is 0 Å². The third-order valence-corrected chi connectivity index (χ3v) is 4.33. The molecule has 0 aliphatic carbocycles. The summed E-state index contributed by atoms with van der Waals surface area (Å²) in [5.41, 5.74) is 0.948. The van der Waals surface area contributed by atoms with E-state index in [0.29, 0.717) is 25.4 Å². The van der Waals surface area contributed by atoms with E-state index >= 15 is 0 Å². The number of halogens is 3. The SMILES string of the molecule is FC(F)(F)c1cc(N=C=S)cc(N2CC[C@H](OCc3ccccc3)C2)c1. The van der Waals surface area contributed by atoms with Crippen LogP contribution in [0.3, 0.4) is 0 Å². The van der Waals surface area contributed by atoms with Crippen molar-refractivity contribution < 1.29 is 17.9 Å². The van der Waals surface area contributed by atoms with Gasteiger partial charge < -0.3 is 9.64 Å². The van der Waals surface area contributed by atoms with Gasteiger partial charge in [0.25, 0.3) is 0 Å². The minimum Gasteiger partial charge on any atom is -0.372 e. The Balaban J connectivity index is 1.71. The molecule has 7 heteroatoms. The van der Waals surface area contributed by atoms with Crippen LogP contribution < -0.4 is 4.90 Å². The van der Waals surface area contributed by atoms with Crippen LogP contribution >= 0.6 is 12.2 Å². The quantitative estimate of drug-likeness (QED) is 0.526. The van der Waals surface area contributed by atoms with Gasteiger partial charge in [-0.05, 0) is 42.4 Å². The van der Waals surface area contributed by atoms with Gasteiger partial charge in [-0.1, -0.05) is 30.3 Å². The molecule has 3 rings (SSSR count). The summed E-state index contributed by atoms with van der Waals surface area (Å²) in [7, 11) is 0. The minimum absolute atomic E-state index is 0.0257. The summed E-state index contributed by atoms with van der Waals surface area (Å²) >= 11 is 4.52. The zero-order valence-corrected chi connectivity index (χ0v) is 14.7. The zero-order chi connectivity index (χ0) is 18.6. The van der Waals surface area contributed by atoms with Crippen molar-refractivity contribution in [1.82, 2.24) is 0 Å². The maximum atomic E-state index is 13.1. The largest absolute Gasteiger partial charge is 0.416 e. The minimum atomic E-state index is -4.44. The molecule has 0 N–H and O–H groups in total. The highest BCUT2D eigenvalue weighted by Crippen LogP contribution is 2.36. The summed E-state index contributed by atoms with van der Waals surface area (Å²) in [5, 5.41) is 2.13. The Morgan fingerprint density at radius 3 is 2.65 bits per heavy atom. The number of hydrogen-bond acceptors (Lipinski definition) is 4. The molecule has 0 aromatic heterocycles. The molecule has 2 aromatic carbocycles. The molecule has 0 bridgehead atoms. The number of anilines is 1. The number of hydrogen-bond donors (Lipinski definition) is 0. The predicted octanol–water partition coefficient (Wildman–Crippen LogP) is 5.24. The fourth-order valence-electron chi connectivity index (χ4n) is 2.95. The summed E-state index contributed by atoms with van der Waals surface area (Å²) in [6.45, 7) is 1.65. The molecule has 1 aliphatic rings. The zero-order valence-electron chi connectivity index (χ0n) is 13.9. The number of aliphatic imine (C=N–C) groups is 1. The molecule has 136 valence electrons. The number of nitrogens with zero attached hydrogens (tertiary/aromatic N) is 2. The van der Waals surface area contributed by atoms with Gasteiger partial charge in [0.2, 0.25) is 0 Å². The van der Waals surface area contributed by atoms with E-state index in [1.54, 1.807) is 6.07 Å². The number of benzene rings is 2. The first-order chi connectivity index (χ1) is 12.5. The first kappa shape index (κ1) is 18.6. The molecule has 0 unspecified atom stereocenters. The smallest absolute Gasteiger partial charge is 0.372 e. The first-order valence-electron chi connectivity index (χ1n) is 8.16. The molecule has 1 atom stereocenters. The third-order valence-electron chi connectivity index (χ3n) is 4.24. The number of rotatable bonds is 5. The molecule has 3 nitrogen and oxygen atoms in total. The van der Waals surface area contributed by atoms with Crippen LogP contribution in [0, 0.1) is 0 Å². The first-order valence-corrected chi connectivity index (χ1v) is 8.57. The van der Waals surface area contributed by atoms with E-state index in [9.17, 15) is 13.2 Å². The Labute approximate surface area is 155 Å². The van der Waals surface area contributed by atoms with Crippen molar-refractivity contribution in [1.29, 1.82) is 0 Å². The Hall–Kier alpha value is -2.21. The van der Waals surface area contributed by atoms with Crippen LogP contribution in [-0.2, 0) is 17.5 Å². The van der Waals surface area contributed by atoms with E-state index in [-0.39, 0.29) is 11.8 Å². The second-order valence-corrected chi connectivity index (χ2v) is 6.27. The van der Waals surface area contributed by atoms with Gasteiger partial charge >= 0.3 is 6.18 Å². The van der Waals surface area contributed by atoms with E-state index in [0.717, 1.165) is 24.1 Å². The summed E-state index contributed by atoms with van der Waals surface area (Å²) in [4.78, 5) is 5.60. The van der Waals surface area contributed by atoms with Crippen molar-refractivity contribution >= 4 is 28.8 Å². The number of thiocarbonyl (C=S) groups is 1. The van der Waals surface area contributed by atoms with Gasteiger partial charge in [-0.25, -0.2) is 0 Å². The molecule has 1 saturated heterocycles. The van der Waals surface area contributed by atoms with Crippen LogP contribution in [0.5, 0.6) is 0 Å². The van der Waals surface area contributed by atoms with E-state index in [4.69, 9.17) is 4.74 Å². The molecular formula is C19H17F3N2OS. The highest BCUT2D eigenvalue weighted by atomic mass is 32.1. The van der Waals surface area contributed by atoms with Crippen LogP contribution in [0.4, 0.5) is 24.5 Å². The van der Waals surface area contributed by atoms with Crippen molar-refractivity contribution in [3.05, 3.63) is 59.7 Å². The molecule has 0 radical (unpaired) electrons. The van der Waals surface area contributed by atoms with E-state index in [1.807, 2.05) is 35.2 Å². The number of isothiocyanates is 1. The summed E-state index contributed by atoms with van der Waals surface area (Å²) in [6, 6.07) is 13.5. The lowest BCUT2D eigenvalue weighted by Crippen LogP contribution is -2.23. The van der Waals surface area contributed by atoms with Crippen molar-refractivity contribution in [2.24, 2.45) is 4.99 Å². The molecule has 0 spiro atoms. The van der Waals surface area contributed by atoms with Crippen LogP contribution in [0.25, 0.3) is 0 Å². The molecule has 2 aromatic rings. The fourth-order valence-corrected chi connectivity index (χ4v) is 3.05. The van der Waals surface area contributed by atoms with Gasteiger partial charge in [-0.15, -0.1) is 0 Å². The van der Waals surface area contributed by atoms with Gasteiger partial charge in [0.15, 0.2) is 0 Å². The fraction of sp³-hybridized carbons (Fsp3) is 0.316. The molecule has 1 fully saturated rings. The van der Waals surface area contributed by atoms with Crippen molar-refractivity contribution in [2.75, 3.05) is 18.0 Å². The monoisotopic (exact) mass is 378 g/mol. The number of alkyl halides is 3. The topological polar surface area (TPSA) is 24.8 Å². The molecule has 1 heterocycles. The maximum Gasteiger partial charge on any atom is 0.416 e. The van der Waals surface area contributed by atoms with Crippen LogP contribution in [-0.4, -0.2) is 24.4 Å². The molecular weight excluding hydrogens is 361 g/mol. The van der Waals surface area contributed by atoms with Gasteiger partial charge in [0, 0.05) is 18.8 Å². The van der Waals surface area contributed by atoms with Crippen molar-refractivity contribution in [2.45, 2.75) is 25.3 Å². The Morgan fingerprint density at radius 1 is 1.19 bits per heavy atom. The highest BCUT2D eigenvalue weighted by Gasteiger charge is 2.32. The van der Waals surface area contributed by atoms with Crippen LogP contribution in [0.15, 0.2) is 53.5 Å². The average Bonchev–Trinajstić information content (AvgIpc) is 3.09. The van der Waals surface area contributed by atoms with Crippen LogP contribution in [0.1, 0.15) is 17.5 Å². The lowest BCUT2D eigenvalue weighted by atomic mass is 10.1. The van der Waals surface area contributed by atoms with Gasteiger partial charge in [-0.2, -0.15) is 18.2 Å². The van der Waals surface area contributed by atoms with Crippen molar-refractivity contribution in [3.63, 3.8) is 0 Å². The normalized spacial score (nSPS) is 17.2. The van der Waals surface area contributed by atoms with Gasteiger partial charge in [0.1, 0.15) is 0 Å². The van der Waals surface area contributed by atoms with Gasteiger partial charge in [0.05, 0.1) is 29.1 Å². The predicted molar refractivity (Wildman–Crippen MR) is 98.0 cm³/mol. The van der Waals surface area contributed by atoms with Crippen molar-refractivity contribution in [3.8, 4) is 0 Å². The highest BCUT2D eigenvalue weighted by molar-refractivity contribution is 7.78. The Morgan fingerprint density at radius 2 is 1.96 bits per heavy atom.